The van der Waals surface area contributed by atoms with E-state index < -0.39 is 6.10 Å². The van der Waals surface area contributed by atoms with Crippen molar-refractivity contribution < 1.29 is 28.6 Å². The van der Waals surface area contributed by atoms with E-state index in [1.54, 1.807) is 0 Å². The highest BCUT2D eigenvalue weighted by molar-refractivity contribution is 5.71. The standard InChI is InChI=1S/C55H100O6/c1-4-7-10-13-16-19-22-24-26-27-28-29-30-32-33-36-39-42-45-48-54(57)60-51-52(50-59-53(56)47-44-41-38-35-21-18-15-12-9-6-3)61-55(58)49-46-43-40-37-34-31-25-23-20-17-14-11-8-5-2/h12,15-16,19,24,26,52H,4-11,13-14,17-18,20-23,25,27-51H2,1-3H3/b15-12-,19-16-,26-24-. The topological polar surface area (TPSA) is 78.9 Å². The second-order valence-electron chi connectivity index (χ2n) is 17.8. The molecule has 0 bridgehead atoms. The van der Waals surface area contributed by atoms with E-state index in [-0.39, 0.29) is 31.1 Å². The highest BCUT2D eigenvalue weighted by Gasteiger charge is 2.19. The molecule has 0 radical (unpaired) electrons. The molecule has 61 heavy (non-hydrogen) atoms. The predicted molar refractivity (Wildman–Crippen MR) is 261 cm³/mol. The number of carbonyl (C=O) groups is 3. The van der Waals surface area contributed by atoms with E-state index in [2.05, 4.69) is 57.2 Å². The van der Waals surface area contributed by atoms with Crippen LogP contribution in [0.15, 0.2) is 36.5 Å². The van der Waals surface area contributed by atoms with Gasteiger partial charge in [0.2, 0.25) is 0 Å². The largest absolute Gasteiger partial charge is 0.462 e. The summed E-state index contributed by atoms with van der Waals surface area (Å²) < 4.78 is 16.8. The minimum absolute atomic E-state index is 0.0741. The molecule has 356 valence electrons. The van der Waals surface area contributed by atoms with Crippen molar-refractivity contribution in [2.24, 2.45) is 0 Å². The number of hydrogen-bond acceptors (Lipinski definition) is 6. The van der Waals surface area contributed by atoms with Crippen molar-refractivity contribution in [3.05, 3.63) is 36.5 Å². The molecular weight excluding hydrogens is 757 g/mol. The molecule has 0 aromatic rings. The van der Waals surface area contributed by atoms with Crippen molar-refractivity contribution in [1.29, 1.82) is 0 Å². The molecule has 6 nitrogen and oxygen atoms in total. The molecule has 0 N–H and O–H groups in total. The number of ether oxygens (including phenoxy) is 3. The van der Waals surface area contributed by atoms with Crippen LogP contribution >= 0.6 is 0 Å². The van der Waals surface area contributed by atoms with Crippen LogP contribution in [0.5, 0.6) is 0 Å². The lowest BCUT2D eigenvalue weighted by molar-refractivity contribution is -0.167. The first kappa shape index (κ1) is 58.6. The summed E-state index contributed by atoms with van der Waals surface area (Å²) in [6.07, 6.45) is 58.4. The highest BCUT2D eigenvalue weighted by Crippen LogP contribution is 2.16. The van der Waals surface area contributed by atoms with Gasteiger partial charge in [-0.05, 0) is 70.6 Å². The van der Waals surface area contributed by atoms with Gasteiger partial charge in [0.05, 0.1) is 0 Å². The minimum atomic E-state index is -0.772. The van der Waals surface area contributed by atoms with E-state index in [0.29, 0.717) is 19.3 Å². The second-order valence-corrected chi connectivity index (χ2v) is 17.8. The molecule has 1 unspecified atom stereocenters. The van der Waals surface area contributed by atoms with Crippen LogP contribution in [0.2, 0.25) is 0 Å². The minimum Gasteiger partial charge on any atom is -0.462 e. The van der Waals surface area contributed by atoms with Gasteiger partial charge in [-0.3, -0.25) is 14.4 Å². The third-order valence-corrected chi connectivity index (χ3v) is 11.6. The fraction of sp³-hybridized carbons (Fsp3) is 0.836. The van der Waals surface area contributed by atoms with Crippen molar-refractivity contribution in [1.82, 2.24) is 0 Å². The van der Waals surface area contributed by atoms with E-state index in [1.165, 1.54) is 161 Å². The van der Waals surface area contributed by atoms with Crippen molar-refractivity contribution in [3.8, 4) is 0 Å². The molecule has 0 aliphatic heterocycles. The van der Waals surface area contributed by atoms with Gasteiger partial charge >= 0.3 is 17.9 Å². The van der Waals surface area contributed by atoms with Crippen LogP contribution in [-0.2, 0) is 28.6 Å². The van der Waals surface area contributed by atoms with Crippen molar-refractivity contribution in [2.75, 3.05) is 13.2 Å². The van der Waals surface area contributed by atoms with Crippen LogP contribution in [0.1, 0.15) is 278 Å². The molecular formula is C55H100O6. The number of esters is 3. The fourth-order valence-corrected chi connectivity index (χ4v) is 7.59. The van der Waals surface area contributed by atoms with E-state index in [9.17, 15) is 14.4 Å². The first-order valence-corrected chi connectivity index (χ1v) is 26.5. The molecule has 0 heterocycles. The molecule has 0 aromatic carbocycles. The summed E-state index contributed by atoms with van der Waals surface area (Å²) in [6.45, 7) is 6.56. The Kier molecular flexibility index (Phi) is 48.3. The molecule has 6 heteroatoms. The molecule has 0 rings (SSSR count). The van der Waals surface area contributed by atoms with E-state index in [1.807, 2.05) is 0 Å². The average molecular weight is 857 g/mol. The SMILES string of the molecule is CCC/C=C\CCCCCCCC(=O)OCC(COC(=O)CCCCCCCCCCC/C=C\C/C=C\CCCCC)OC(=O)CCCCCCCCCCCCCCCC. The first-order chi connectivity index (χ1) is 30.0. The Morgan fingerprint density at radius 3 is 1.02 bits per heavy atom. The number of hydrogen-bond donors (Lipinski definition) is 0. The second kappa shape index (κ2) is 50.3. The smallest absolute Gasteiger partial charge is 0.306 e. The summed E-state index contributed by atoms with van der Waals surface area (Å²) in [6, 6.07) is 0. The Hall–Kier alpha value is -2.37. The Bertz CT molecular complexity index is 1030. The van der Waals surface area contributed by atoms with Crippen LogP contribution in [0.25, 0.3) is 0 Å². The molecule has 0 amide bonds. The zero-order chi connectivity index (χ0) is 44.4. The number of rotatable bonds is 48. The van der Waals surface area contributed by atoms with Gasteiger partial charge in [0.25, 0.3) is 0 Å². The lowest BCUT2D eigenvalue weighted by atomic mass is 10.0. The van der Waals surface area contributed by atoms with Crippen LogP contribution in [0.4, 0.5) is 0 Å². The monoisotopic (exact) mass is 857 g/mol. The molecule has 1 atom stereocenters. The number of allylic oxidation sites excluding steroid dienone is 6. The van der Waals surface area contributed by atoms with Gasteiger partial charge in [-0.25, -0.2) is 0 Å². The molecule has 0 spiro atoms. The maximum atomic E-state index is 12.8. The van der Waals surface area contributed by atoms with Gasteiger partial charge in [-0.15, -0.1) is 0 Å². The first-order valence-electron chi connectivity index (χ1n) is 26.5. The summed E-state index contributed by atoms with van der Waals surface area (Å²) in [4.78, 5) is 37.9. The molecule has 0 aliphatic rings. The third kappa shape index (κ3) is 48.5. The molecule has 0 aliphatic carbocycles. The predicted octanol–water partition coefficient (Wildman–Crippen LogP) is 17.3. The number of carbonyl (C=O) groups excluding carboxylic acids is 3. The van der Waals surface area contributed by atoms with Crippen LogP contribution in [0.3, 0.4) is 0 Å². The van der Waals surface area contributed by atoms with Gasteiger partial charge in [-0.2, -0.15) is 0 Å². The quantitative estimate of drug-likeness (QED) is 0.0262. The fourth-order valence-electron chi connectivity index (χ4n) is 7.59. The van der Waals surface area contributed by atoms with Crippen molar-refractivity contribution in [2.45, 2.75) is 284 Å². The van der Waals surface area contributed by atoms with Gasteiger partial charge in [-0.1, -0.05) is 224 Å². The zero-order valence-corrected chi connectivity index (χ0v) is 40.7. The van der Waals surface area contributed by atoms with Crippen molar-refractivity contribution in [3.63, 3.8) is 0 Å². The van der Waals surface area contributed by atoms with Crippen LogP contribution < -0.4 is 0 Å². The Morgan fingerprint density at radius 2 is 0.623 bits per heavy atom. The normalized spacial score (nSPS) is 12.2. The van der Waals surface area contributed by atoms with Gasteiger partial charge in [0.1, 0.15) is 13.2 Å². The Balaban J connectivity index is 4.29. The molecule has 0 aromatic heterocycles. The summed E-state index contributed by atoms with van der Waals surface area (Å²) in [7, 11) is 0. The summed E-state index contributed by atoms with van der Waals surface area (Å²) in [5.41, 5.74) is 0. The zero-order valence-electron chi connectivity index (χ0n) is 40.7. The number of unbranched alkanes of at least 4 members (excludes halogenated alkanes) is 31. The summed E-state index contributed by atoms with van der Waals surface area (Å²) in [5.74, 6) is -0.878. The molecule has 0 saturated heterocycles. The van der Waals surface area contributed by atoms with Gasteiger partial charge < -0.3 is 14.2 Å². The average Bonchev–Trinajstić information content (AvgIpc) is 3.26. The lowest BCUT2D eigenvalue weighted by Gasteiger charge is -2.18. The summed E-state index contributed by atoms with van der Waals surface area (Å²) >= 11 is 0. The van der Waals surface area contributed by atoms with Gasteiger partial charge in [0.15, 0.2) is 6.10 Å². The maximum absolute atomic E-state index is 12.8. The third-order valence-electron chi connectivity index (χ3n) is 11.6. The molecule has 0 fully saturated rings. The highest BCUT2D eigenvalue weighted by atomic mass is 16.6. The maximum Gasteiger partial charge on any atom is 0.306 e. The van der Waals surface area contributed by atoms with E-state index >= 15 is 0 Å². The van der Waals surface area contributed by atoms with Crippen LogP contribution in [0, 0.1) is 0 Å². The van der Waals surface area contributed by atoms with Crippen LogP contribution in [-0.4, -0.2) is 37.2 Å². The Labute approximate surface area is 378 Å². The lowest BCUT2D eigenvalue weighted by Crippen LogP contribution is -2.30. The van der Waals surface area contributed by atoms with E-state index in [0.717, 1.165) is 77.0 Å². The Morgan fingerprint density at radius 1 is 0.328 bits per heavy atom. The van der Waals surface area contributed by atoms with Gasteiger partial charge in [0, 0.05) is 19.3 Å². The summed E-state index contributed by atoms with van der Waals surface area (Å²) in [5, 5.41) is 0. The van der Waals surface area contributed by atoms with E-state index in [4.69, 9.17) is 14.2 Å². The van der Waals surface area contributed by atoms with Crippen molar-refractivity contribution >= 4 is 17.9 Å². The molecule has 0 saturated carbocycles.